The van der Waals surface area contributed by atoms with E-state index in [-0.39, 0.29) is 18.4 Å². The number of amidine groups is 1. The van der Waals surface area contributed by atoms with E-state index in [4.69, 9.17) is 15.2 Å². The van der Waals surface area contributed by atoms with Crippen molar-refractivity contribution in [3.63, 3.8) is 0 Å². The number of benzene rings is 2. The van der Waals surface area contributed by atoms with Gasteiger partial charge < -0.3 is 20.3 Å². The molecule has 0 radical (unpaired) electrons. The lowest BCUT2D eigenvalue weighted by atomic mass is 9.81. The molecule has 2 aromatic rings. The number of phenolic OH excluding ortho intramolecular Hbond substituents is 1. The number of ether oxygens (including phenoxy) is 2. The Morgan fingerprint density at radius 1 is 1.23 bits per heavy atom. The summed E-state index contributed by atoms with van der Waals surface area (Å²) in [6.07, 6.45) is 0. The van der Waals surface area contributed by atoms with E-state index in [0.717, 1.165) is 16.1 Å². The highest BCUT2D eigenvalue weighted by Gasteiger charge is 2.47. The van der Waals surface area contributed by atoms with Crippen LogP contribution in [0.15, 0.2) is 39.8 Å². The fourth-order valence-corrected chi connectivity index (χ4v) is 3.20. The van der Waals surface area contributed by atoms with Gasteiger partial charge in [-0.25, -0.2) is 9.38 Å². The van der Waals surface area contributed by atoms with E-state index >= 15 is 0 Å². The summed E-state index contributed by atoms with van der Waals surface area (Å²) < 4.78 is 25.6. The number of fused-ring (bicyclic) bond motifs is 4. The van der Waals surface area contributed by atoms with E-state index in [1.54, 1.807) is 6.07 Å². The summed E-state index contributed by atoms with van der Waals surface area (Å²) in [5.74, 6) is -0.402. The van der Waals surface area contributed by atoms with Crippen LogP contribution in [0, 0.1) is 5.82 Å². The molecule has 0 saturated carbocycles. The van der Waals surface area contributed by atoms with Crippen LogP contribution in [0.5, 0.6) is 17.2 Å². The van der Waals surface area contributed by atoms with Gasteiger partial charge in [0.25, 0.3) is 6.02 Å². The minimum atomic E-state index is -0.956. The molecule has 1 unspecified atom stereocenters. The summed E-state index contributed by atoms with van der Waals surface area (Å²) in [6, 6.07) is 7.92. The highest BCUT2D eigenvalue weighted by Crippen LogP contribution is 2.52. The van der Waals surface area contributed by atoms with Crippen LogP contribution in [-0.2, 0) is 10.3 Å². The van der Waals surface area contributed by atoms with Crippen molar-refractivity contribution < 1.29 is 19.0 Å². The highest BCUT2D eigenvalue weighted by atomic mass is 79.9. The molecule has 0 aromatic heterocycles. The van der Waals surface area contributed by atoms with Crippen molar-refractivity contribution in [2.75, 3.05) is 6.61 Å². The highest BCUT2D eigenvalue weighted by molar-refractivity contribution is 9.10. The molecule has 0 saturated heterocycles. The number of aromatic hydroxyl groups is 1. The molecule has 7 heteroatoms. The van der Waals surface area contributed by atoms with E-state index in [2.05, 4.69) is 20.9 Å². The molecule has 22 heavy (non-hydrogen) atoms. The van der Waals surface area contributed by atoms with Crippen molar-refractivity contribution in [2.24, 2.45) is 10.7 Å². The van der Waals surface area contributed by atoms with Gasteiger partial charge in [0, 0.05) is 21.7 Å². The second-order valence-electron chi connectivity index (χ2n) is 5.14. The summed E-state index contributed by atoms with van der Waals surface area (Å²) in [7, 11) is 0. The van der Waals surface area contributed by atoms with Crippen molar-refractivity contribution in [3.05, 3.63) is 51.7 Å². The Bertz CT molecular complexity index is 840. The van der Waals surface area contributed by atoms with Gasteiger partial charge in [-0.1, -0.05) is 15.9 Å². The van der Waals surface area contributed by atoms with Gasteiger partial charge in [-0.15, -0.1) is 0 Å². The average molecular weight is 365 g/mol. The van der Waals surface area contributed by atoms with Crippen LogP contribution in [0.1, 0.15) is 11.1 Å². The van der Waals surface area contributed by atoms with Gasteiger partial charge in [-0.3, -0.25) is 0 Å². The maximum absolute atomic E-state index is 13.7. The molecular weight excluding hydrogens is 355 g/mol. The molecule has 2 heterocycles. The quantitative estimate of drug-likeness (QED) is 0.753. The second kappa shape index (κ2) is 4.36. The molecule has 5 nitrogen and oxygen atoms in total. The molecule has 0 fully saturated rings. The molecule has 3 N–H and O–H groups in total. The zero-order valence-corrected chi connectivity index (χ0v) is 12.7. The van der Waals surface area contributed by atoms with Gasteiger partial charge in [0.2, 0.25) is 0 Å². The number of halogens is 2. The lowest BCUT2D eigenvalue weighted by Gasteiger charge is -2.33. The van der Waals surface area contributed by atoms with Crippen LogP contribution < -0.4 is 10.5 Å². The van der Waals surface area contributed by atoms with Gasteiger partial charge in [0.05, 0.1) is 0 Å². The summed E-state index contributed by atoms with van der Waals surface area (Å²) in [4.78, 5) is 4.41. The van der Waals surface area contributed by atoms with E-state index in [9.17, 15) is 9.50 Å². The first-order valence-corrected chi connectivity index (χ1v) is 7.28. The molecule has 4 rings (SSSR count). The summed E-state index contributed by atoms with van der Waals surface area (Å²) in [5, 5.41) is 9.73. The lowest BCUT2D eigenvalue weighted by molar-refractivity contribution is 0.263. The van der Waals surface area contributed by atoms with Gasteiger partial charge in [0.15, 0.2) is 17.1 Å². The predicted molar refractivity (Wildman–Crippen MR) is 80.6 cm³/mol. The van der Waals surface area contributed by atoms with Gasteiger partial charge in [-0.2, -0.15) is 0 Å². The Kier molecular flexibility index (Phi) is 2.65. The first-order valence-electron chi connectivity index (χ1n) is 6.48. The standard InChI is InChI=1S/C15H10BrFN2O3/c16-7-1-2-12-8(3-7)15(6-21-14(18)19-15)9-4-11(20)10(17)5-13(9)22-12/h1-5,20H,6H2,(H2,18,19). The Hall–Kier alpha value is -2.28. The van der Waals surface area contributed by atoms with Crippen LogP contribution in [-0.4, -0.2) is 17.7 Å². The smallest absolute Gasteiger partial charge is 0.283 e. The van der Waals surface area contributed by atoms with Crippen molar-refractivity contribution in [1.29, 1.82) is 0 Å². The molecule has 1 atom stereocenters. The third-order valence-electron chi connectivity index (χ3n) is 3.83. The Labute approximate surface area is 133 Å². The Balaban J connectivity index is 2.05. The molecule has 0 aliphatic carbocycles. The van der Waals surface area contributed by atoms with Crippen molar-refractivity contribution in [3.8, 4) is 17.2 Å². The maximum atomic E-state index is 13.7. The number of nitrogens with two attached hydrogens (primary N) is 1. The average Bonchev–Trinajstić information content (AvgIpc) is 2.86. The molecule has 2 aliphatic rings. The fourth-order valence-electron chi connectivity index (χ4n) is 2.84. The molecule has 0 amide bonds. The van der Waals surface area contributed by atoms with E-state index in [1.807, 2.05) is 12.1 Å². The van der Waals surface area contributed by atoms with Crippen LogP contribution >= 0.6 is 15.9 Å². The van der Waals surface area contributed by atoms with Crippen LogP contribution in [0.4, 0.5) is 4.39 Å². The van der Waals surface area contributed by atoms with Crippen LogP contribution in [0.3, 0.4) is 0 Å². The summed E-state index contributed by atoms with van der Waals surface area (Å²) in [5.41, 5.74) is 5.99. The second-order valence-corrected chi connectivity index (χ2v) is 6.06. The minimum absolute atomic E-state index is 0.0441. The van der Waals surface area contributed by atoms with Crippen molar-refractivity contribution in [2.45, 2.75) is 5.54 Å². The van der Waals surface area contributed by atoms with E-state index in [0.29, 0.717) is 11.3 Å². The topological polar surface area (TPSA) is 77.1 Å². The zero-order chi connectivity index (χ0) is 15.5. The first-order chi connectivity index (χ1) is 10.5. The number of aliphatic imine (C=N–C) groups is 1. The van der Waals surface area contributed by atoms with Gasteiger partial charge >= 0.3 is 0 Å². The SMILES string of the molecule is NC1=NC2(CO1)c1cc(Br)ccc1Oc1cc(F)c(O)cc12. The Morgan fingerprint density at radius 3 is 2.73 bits per heavy atom. The minimum Gasteiger partial charge on any atom is -0.505 e. The van der Waals surface area contributed by atoms with Crippen molar-refractivity contribution in [1.82, 2.24) is 0 Å². The van der Waals surface area contributed by atoms with Crippen LogP contribution in [0.2, 0.25) is 0 Å². The van der Waals surface area contributed by atoms with Crippen molar-refractivity contribution >= 4 is 22.0 Å². The summed E-state index contributed by atoms with van der Waals surface area (Å²) in [6.45, 7) is 0.156. The normalized spacial score (nSPS) is 21.6. The molecule has 0 bridgehead atoms. The Morgan fingerprint density at radius 2 is 2.00 bits per heavy atom. The molecule has 2 aliphatic heterocycles. The molecular formula is C15H10BrFN2O3. The van der Waals surface area contributed by atoms with E-state index < -0.39 is 17.1 Å². The largest absolute Gasteiger partial charge is 0.505 e. The monoisotopic (exact) mass is 364 g/mol. The summed E-state index contributed by atoms with van der Waals surface area (Å²) >= 11 is 3.42. The first kappa shape index (κ1) is 13.4. The maximum Gasteiger partial charge on any atom is 0.283 e. The predicted octanol–water partition coefficient (Wildman–Crippen LogP) is 2.99. The zero-order valence-electron chi connectivity index (χ0n) is 11.1. The molecule has 2 aromatic carbocycles. The van der Waals surface area contributed by atoms with Crippen LogP contribution in [0.25, 0.3) is 0 Å². The van der Waals surface area contributed by atoms with Gasteiger partial charge in [-0.05, 0) is 24.3 Å². The molecule has 1 spiro atoms. The van der Waals surface area contributed by atoms with E-state index in [1.165, 1.54) is 6.07 Å². The number of hydrogen-bond donors (Lipinski definition) is 2. The number of rotatable bonds is 0. The number of nitrogens with zero attached hydrogens (tertiary/aromatic N) is 1. The fraction of sp³-hybridized carbons (Fsp3) is 0.133. The third kappa shape index (κ3) is 1.72. The third-order valence-corrected chi connectivity index (χ3v) is 4.32. The molecule has 112 valence electrons. The van der Waals surface area contributed by atoms with Gasteiger partial charge in [0.1, 0.15) is 18.1 Å². The number of phenols is 1. The lowest BCUT2D eigenvalue weighted by Crippen LogP contribution is -2.31. The number of hydrogen-bond acceptors (Lipinski definition) is 5.